The lowest BCUT2D eigenvalue weighted by Crippen LogP contribution is -2.37. The summed E-state index contributed by atoms with van der Waals surface area (Å²) >= 11 is 13.7. The van der Waals surface area contributed by atoms with E-state index < -0.39 is 0 Å². The molecule has 5 aromatic rings. The molecule has 2 aromatic heterocycles. The maximum absolute atomic E-state index is 13.8. The van der Waals surface area contributed by atoms with Crippen molar-refractivity contribution in [1.82, 2.24) is 8.97 Å². The van der Waals surface area contributed by atoms with E-state index in [0.29, 0.717) is 32.1 Å². The number of benzene rings is 3. The molecule has 0 bridgehead atoms. The van der Waals surface area contributed by atoms with Gasteiger partial charge in [0.2, 0.25) is 5.91 Å². The van der Waals surface area contributed by atoms with E-state index in [1.807, 2.05) is 78.9 Å². The third kappa shape index (κ3) is 4.10. The Kier molecular flexibility index (Phi) is 6.32. The number of hydrogen-bond acceptors (Lipinski definition) is 4. The minimum Gasteiger partial charge on any atom is -0.311 e. The Hall–Kier alpha value is -3.26. The molecule has 0 aliphatic heterocycles. The van der Waals surface area contributed by atoms with Crippen LogP contribution in [0.1, 0.15) is 12.5 Å². The maximum Gasteiger partial charge on any atom is 0.262 e. The average molecular weight is 520 g/mol. The number of thiazole rings is 1. The largest absolute Gasteiger partial charge is 0.311 e. The van der Waals surface area contributed by atoms with Gasteiger partial charge in [0.25, 0.3) is 5.56 Å². The highest BCUT2D eigenvalue weighted by molar-refractivity contribution is 7.73. The monoisotopic (exact) mass is 519 g/mol. The Bertz CT molecular complexity index is 1720. The number of amides is 1. The smallest absolute Gasteiger partial charge is 0.262 e. The molecule has 0 radical (unpaired) electrons. The number of anilines is 1. The van der Waals surface area contributed by atoms with Gasteiger partial charge in [-0.2, -0.15) is 0 Å². The van der Waals surface area contributed by atoms with Gasteiger partial charge >= 0.3 is 0 Å². The molecule has 3 aromatic carbocycles. The molecule has 176 valence electrons. The number of hydrogen-bond donors (Lipinski definition) is 0. The summed E-state index contributed by atoms with van der Waals surface area (Å²) in [5.41, 5.74) is 3.68. The third-order valence-corrected chi connectivity index (χ3v) is 7.73. The predicted molar refractivity (Wildman–Crippen MR) is 148 cm³/mol. The van der Waals surface area contributed by atoms with Gasteiger partial charge in [0.05, 0.1) is 15.8 Å². The zero-order valence-corrected chi connectivity index (χ0v) is 21.6. The van der Waals surface area contributed by atoms with E-state index in [0.717, 1.165) is 21.7 Å². The van der Waals surface area contributed by atoms with E-state index >= 15 is 0 Å². The van der Waals surface area contributed by atoms with Gasteiger partial charge in [0.1, 0.15) is 12.2 Å². The molecule has 0 atom stereocenters. The molecule has 0 spiro atoms. The maximum atomic E-state index is 13.8. The van der Waals surface area contributed by atoms with E-state index in [2.05, 4.69) is 0 Å². The molecule has 0 N–H and O–H groups in total. The minimum absolute atomic E-state index is 0.127. The summed E-state index contributed by atoms with van der Waals surface area (Å²) in [7, 11) is 0. The summed E-state index contributed by atoms with van der Waals surface area (Å²) in [6.07, 6.45) is 0. The van der Waals surface area contributed by atoms with Crippen LogP contribution in [0.25, 0.3) is 27.0 Å². The van der Waals surface area contributed by atoms with Crippen LogP contribution in [0, 0.1) is 10.9 Å². The van der Waals surface area contributed by atoms with Gasteiger partial charge in [-0.15, -0.1) is 11.3 Å². The molecule has 5 rings (SSSR count). The van der Waals surface area contributed by atoms with Crippen LogP contribution in [0.3, 0.4) is 0 Å². The van der Waals surface area contributed by atoms with Crippen LogP contribution in [0.2, 0.25) is 5.02 Å². The van der Waals surface area contributed by atoms with Crippen LogP contribution in [-0.2, 0) is 11.3 Å². The fraction of sp³-hybridized carbons (Fsp3) is 0.148. The number of carbonyl (C=O) groups excluding carboxylic acids is 1. The van der Waals surface area contributed by atoms with Crippen LogP contribution < -0.4 is 10.5 Å². The van der Waals surface area contributed by atoms with Crippen molar-refractivity contribution >= 4 is 63.3 Å². The second kappa shape index (κ2) is 9.41. The number of carbonyl (C=O) groups is 1. The lowest BCUT2D eigenvalue weighted by molar-refractivity contribution is -0.119. The number of aryl methyl sites for hydroxylation is 1. The Labute approximate surface area is 216 Å². The average Bonchev–Trinajstić information content (AvgIpc) is 3.19. The normalized spacial score (nSPS) is 11.3. The third-order valence-electron chi connectivity index (χ3n) is 6.01. The quantitative estimate of drug-likeness (QED) is 0.242. The van der Waals surface area contributed by atoms with Crippen LogP contribution in [-0.4, -0.2) is 21.4 Å². The predicted octanol–water partition coefficient (Wildman–Crippen LogP) is 6.73. The summed E-state index contributed by atoms with van der Waals surface area (Å²) < 4.78 is 4.00. The Morgan fingerprint density at radius 3 is 2.54 bits per heavy atom. The summed E-state index contributed by atoms with van der Waals surface area (Å²) in [4.78, 5) is 29.8. The van der Waals surface area contributed by atoms with Crippen molar-refractivity contribution in [1.29, 1.82) is 0 Å². The van der Waals surface area contributed by atoms with Gasteiger partial charge < -0.3 is 4.90 Å². The van der Waals surface area contributed by atoms with E-state index in [1.165, 1.54) is 15.9 Å². The minimum atomic E-state index is -0.240. The Balaban J connectivity index is 1.77. The van der Waals surface area contributed by atoms with Crippen LogP contribution in [0.15, 0.2) is 77.6 Å². The lowest BCUT2D eigenvalue weighted by Gasteiger charge is -2.23. The van der Waals surface area contributed by atoms with E-state index in [9.17, 15) is 9.59 Å². The number of nitrogens with zero attached hydrogens (tertiary/aromatic N) is 3. The molecule has 1 amide bonds. The van der Waals surface area contributed by atoms with Gasteiger partial charge in [-0.05, 0) is 62.0 Å². The summed E-state index contributed by atoms with van der Waals surface area (Å²) in [6, 6.07) is 22.6. The first-order valence-electron chi connectivity index (χ1n) is 11.2. The number of aromatic nitrogens is 2. The first kappa shape index (κ1) is 23.5. The number of halogens is 1. The van der Waals surface area contributed by atoms with E-state index in [-0.39, 0.29) is 18.0 Å². The molecule has 0 saturated carbocycles. The van der Waals surface area contributed by atoms with Gasteiger partial charge in [0.15, 0.2) is 3.95 Å². The van der Waals surface area contributed by atoms with E-state index in [1.54, 1.807) is 17.0 Å². The van der Waals surface area contributed by atoms with Crippen molar-refractivity contribution in [3.63, 3.8) is 0 Å². The van der Waals surface area contributed by atoms with E-state index in [4.69, 9.17) is 23.8 Å². The zero-order valence-electron chi connectivity index (χ0n) is 19.2. The van der Waals surface area contributed by atoms with Crippen molar-refractivity contribution < 1.29 is 4.79 Å². The van der Waals surface area contributed by atoms with Crippen LogP contribution in [0.4, 0.5) is 5.69 Å². The zero-order chi connectivity index (χ0) is 24.7. The lowest BCUT2D eigenvalue weighted by atomic mass is 10.2. The highest BCUT2D eigenvalue weighted by Gasteiger charge is 2.23. The number of para-hydroxylation sites is 1. The first-order chi connectivity index (χ1) is 16.9. The summed E-state index contributed by atoms with van der Waals surface area (Å²) in [5, 5.41) is 1.06. The molecule has 0 aliphatic rings. The van der Waals surface area contributed by atoms with Crippen molar-refractivity contribution in [2.45, 2.75) is 20.4 Å². The van der Waals surface area contributed by atoms with Gasteiger partial charge in [-0.25, -0.2) is 0 Å². The number of fused-ring (bicyclic) bond motifs is 3. The molecular weight excluding hydrogens is 498 g/mol. The Morgan fingerprint density at radius 2 is 1.80 bits per heavy atom. The SMILES string of the molecule is CCN(C(=O)Cn1c(=O)c2ccccc2n2c(=S)sc(-c3ccccc3Cl)c12)c1cccc(C)c1. The topological polar surface area (TPSA) is 46.7 Å². The van der Waals surface area contributed by atoms with Crippen LogP contribution >= 0.6 is 35.2 Å². The molecule has 35 heavy (non-hydrogen) atoms. The second-order valence-electron chi connectivity index (χ2n) is 8.22. The van der Waals surface area contributed by atoms with Gasteiger partial charge in [-0.3, -0.25) is 18.6 Å². The summed E-state index contributed by atoms with van der Waals surface area (Å²) in [5.74, 6) is -0.181. The molecular formula is C27H22ClN3O2S2. The molecule has 0 unspecified atom stereocenters. The Morgan fingerprint density at radius 1 is 1.06 bits per heavy atom. The molecule has 2 heterocycles. The summed E-state index contributed by atoms with van der Waals surface area (Å²) in [6.45, 7) is 4.27. The van der Waals surface area contributed by atoms with Crippen molar-refractivity contribution in [2.24, 2.45) is 0 Å². The fourth-order valence-corrected chi connectivity index (χ4v) is 6.15. The molecule has 0 aliphatic carbocycles. The molecule has 8 heteroatoms. The number of likely N-dealkylation sites (N-methyl/N-ethyl adjacent to an activating group) is 1. The molecule has 0 saturated heterocycles. The van der Waals surface area contributed by atoms with Crippen molar-refractivity contribution in [2.75, 3.05) is 11.4 Å². The fourth-order valence-electron chi connectivity index (χ4n) is 4.40. The van der Waals surface area contributed by atoms with Crippen molar-refractivity contribution in [3.05, 3.63) is 97.7 Å². The molecule has 5 nitrogen and oxygen atoms in total. The van der Waals surface area contributed by atoms with Gasteiger partial charge in [-0.1, -0.05) is 54.1 Å². The standard InChI is InChI=1S/C27H22ClN3O2S2/c1-3-29(18-10-8-9-17(2)15-18)23(32)16-30-25-24(19-11-4-6-13-21(19)28)35-27(34)31(25)22-14-7-5-12-20(22)26(30)33/h4-15H,3,16H2,1-2H3. The second-order valence-corrected chi connectivity index (χ2v) is 10.3. The highest BCUT2D eigenvalue weighted by Crippen LogP contribution is 2.37. The van der Waals surface area contributed by atoms with Crippen LogP contribution in [0.5, 0.6) is 0 Å². The van der Waals surface area contributed by atoms with Gasteiger partial charge in [0, 0.05) is 22.8 Å². The molecule has 0 fully saturated rings. The highest BCUT2D eigenvalue weighted by atomic mass is 35.5. The van der Waals surface area contributed by atoms with Crippen molar-refractivity contribution in [3.8, 4) is 10.4 Å². The first-order valence-corrected chi connectivity index (χ1v) is 12.8. The number of rotatable bonds is 5.